The van der Waals surface area contributed by atoms with Gasteiger partial charge in [-0.15, -0.1) is 0 Å². The van der Waals surface area contributed by atoms with Gasteiger partial charge in [0.05, 0.1) is 6.33 Å². The van der Waals surface area contributed by atoms with Crippen LogP contribution >= 0.6 is 0 Å². The highest BCUT2D eigenvalue weighted by Crippen LogP contribution is 2.29. The fraction of sp³-hybridized carbons (Fsp3) is 0.643. The molecule has 2 heterocycles. The maximum atomic E-state index is 12.0. The summed E-state index contributed by atoms with van der Waals surface area (Å²) in [7, 11) is 1.63. The number of H-pyrrole nitrogens is 1. The van der Waals surface area contributed by atoms with E-state index in [9.17, 15) is 9.59 Å². The lowest BCUT2D eigenvalue weighted by atomic mass is 9.83. The lowest BCUT2D eigenvalue weighted by molar-refractivity contribution is 0.266. The van der Waals surface area contributed by atoms with Crippen LogP contribution in [0.15, 0.2) is 15.9 Å². The topological polar surface area (TPSA) is 72.7 Å². The van der Waals surface area contributed by atoms with Gasteiger partial charge in [-0.1, -0.05) is 19.8 Å². The van der Waals surface area contributed by atoms with Crippen LogP contribution in [0, 0.1) is 11.8 Å². The molecular weight excluding hydrogens is 256 g/mol. The SMILES string of the molecule is CC1CCC(Cn2cnc3c2c(=O)[nH]c(=O)n3C)CC1. The predicted octanol–water partition coefficient (Wildman–Crippen LogP) is 1.25. The monoisotopic (exact) mass is 276 g/mol. The molecule has 0 amide bonds. The van der Waals surface area contributed by atoms with Crippen molar-refractivity contribution in [1.29, 1.82) is 0 Å². The summed E-state index contributed by atoms with van der Waals surface area (Å²) in [4.78, 5) is 30.1. The summed E-state index contributed by atoms with van der Waals surface area (Å²) in [6.45, 7) is 3.10. The summed E-state index contributed by atoms with van der Waals surface area (Å²) in [5, 5.41) is 0. The minimum atomic E-state index is -0.417. The molecule has 3 rings (SSSR count). The predicted molar refractivity (Wildman–Crippen MR) is 76.7 cm³/mol. The molecule has 1 saturated carbocycles. The molecule has 1 N–H and O–H groups in total. The molecule has 0 spiro atoms. The minimum absolute atomic E-state index is 0.343. The smallest absolute Gasteiger partial charge is 0.324 e. The molecule has 20 heavy (non-hydrogen) atoms. The highest BCUT2D eigenvalue weighted by Gasteiger charge is 2.20. The second-order valence-corrected chi connectivity index (χ2v) is 6.01. The number of aryl methyl sites for hydroxylation is 1. The quantitative estimate of drug-likeness (QED) is 0.897. The Morgan fingerprint density at radius 1 is 1.30 bits per heavy atom. The first kappa shape index (κ1) is 13.1. The molecule has 0 atom stereocenters. The molecule has 2 aromatic rings. The number of aromatic nitrogens is 4. The first-order valence-electron chi connectivity index (χ1n) is 7.20. The highest BCUT2D eigenvalue weighted by molar-refractivity contribution is 5.69. The van der Waals surface area contributed by atoms with E-state index in [1.807, 2.05) is 4.57 Å². The molecule has 1 aliphatic carbocycles. The van der Waals surface area contributed by atoms with Crippen molar-refractivity contribution >= 4 is 11.2 Å². The van der Waals surface area contributed by atoms with Crippen LogP contribution in [-0.4, -0.2) is 19.1 Å². The number of nitrogens with one attached hydrogen (secondary N) is 1. The third-order valence-corrected chi connectivity index (χ3v) is 4.47. The van der Waals surface area contributed by atoms with Crippen LogP contribution in [-0.2, 0) is 13.6 Å². The van der Waals surface area contributed by atoms with E-state index in [1.54, 1.807) is 13.4 Å². The van der Waals surface area contributed by atoms with E-state index in [4.69, 9.17) is 0 Å². The highest BCUT2D eigenvalue weighted by atomic mass is 16.2. The van der Waals surface area contributed by atoms with Crippen LogP contribution in [0.1, 0.15) is 32.6 Å². The van der Waals surface area contributed by atoms with Crippen LogP contribution in [0.3, 0.4) is 0 Å². The molecule has 0 saturated heterocycles. The van der Waals surface area contributed by atoms with Crippen molar-refractivity contribution in [3.63, 3.8) is 0 Å². The first-order chi connectivity index (χ1) is 9.56. The molecule has 0 aliphatic heterocycles. The van der Waals surface area contributed by atoms with Gasteiger partial charge in [0.1, 0.15) is 0 Å². The average Bonchev–Trinajstić information content (AvgIpc) is 2.83. The molecule has 6 nitrogen and oxygen atoms in total. The van der Waals surface area contributed by atoms with Crippen LogP contribution in [0.4, 0.5) is 0 Å². The van der Waals surface area contributed by atoms with Crippen molar-refractivity contribution in [1.82, 2.24) is 19.1 Å². The van der Waals surface area contributed by atoms with Crippen molar-refractivity contribution in [3.8, 4) is 0 Å². The second-order valence-electron chi connectivity index (χ2n) is 6.01. The fourth-order valence-corrected chi connectivity index (χ4v) is 3.11. The molecular formula is C14H20N4O2. The molecule has 1 aliphatic rings. The van der Waals surface area contributed by atoms with Crippen molar-refractivity contribution in [2.45, 2.75) is 39.2 Å². The van der Waals surface area contributed by atoms with Gasteiger partial charge in [0.2, 0.25) is 0 Å². The van der Waals surface area contributed by atoms with E-state index in [-0.39, 0.29) is 5.56 Å². The van der Waals surface area contributed by atoms with Gasteiger partial charge in [-0.25, -0.2) is 9.78 Å². The van der Waals surface area contributed by atoms with Gasteiger partial charge in [0.25, 0.3) is 5.56 Å². The summed E-state index contributed by atoms with van der Waals surface area (Å²) >= 11 is 0. The maximum Gasteiger partial charge on any atom is 0.329 e. The van der Waals surface area contributed by atoms with E-state index >= 15 is 0 Å². The fourth-order valence-electron chi connectivity index (χ4n) is 3.11. The zero-order valence-electron chi connectivity index (χ0n) is 11.9. The Morgan fingerprint density at radius 3 is 2.70 bits per heavy atom. The third kappa shape index (κ3) is 2.19. The standard InChI is InChI=1S/C14H20N4O2/c1-9-3-5-10(6-4-9)7-18-8-15-12-11(18)13(19)16-14(20)17(12)2/h8-10H,3-7H2,1-2H3,(H,16,19,20). The van der Waals surface area contributed by atoms with Gasteiger partial charge in [-0.3, -0.25) is 14.3 Å². The Bertz CT molecular complexity index is 732. The van der Waals surface area contributed by atoms with Gasteiger partial charge < -0.3 is 4.57 Å². The molecule has 2 aromatic heterocycles. The summed E-state index contributed by atoms with van der Waals surface area (Å²) < 4.78 is 3.28. The Labute approximate surface area is 116 Å². The maximum absolute atomic E-state index is 12.0. The molecule has 1 fully saturated rings. The first-order valence-corrected chi connectivity index (χ1v) is 7.20. The molecule has 6 heteroatoms. The molecule has 108 valence electrons. The van der Waals surface area contributed by atoms with Gasteiger partial charge in [0.15, 0.2) is 11.2 Å². The summed E-state index contributed by atoms with van der Waals surface area (Å²) in [6.07, 6.45) is 6.59. The van der Waals surface area contributed by atoms with Crippen LogP contribution < -0.4 is 11.2 Å². The summed E-state index contributed by atoms with van der Waals surface area (Å²) in [5.41, 5.74) is 0.206. The summed E-state index contributed by atoms with van der Waals surface area (Å²) in [5.74, 6) is 1.41. The van der Waals surface area contributed by atoms with Gasteiger partial charge in [-0.05, 0) is 24.7 Å². The largest absolute Gasteiger partial charge is 0.329 e. The normalized spacial score (nSPS) is 23.3. The van der Waals surface area contributed by atoms with Crippen LogP contribution in [0.5, 0.6) is 0 Å². The second kappa shape index (κ2) is 4.92. The van der Waals surface area contributed by atoms with E-state index < -0.39 is 5.69 Å². The van der Waals surface area contributed by atoms with Gasteiger partial charge in [-0.2, -0.15) is 0 Å². The third-order valence-electron chi connectivity index (χ3n) is 4.47. The Balaban J connectivity index is 1.95. The van der Waals surface area contributed by atoms with Gasteiger partial charge in [0, 0.05) is 13.6 Å². The summed E-state index contributed by atoms with van der Waals surface area (Å²) in [6, 6.07) is 0. The number of aromatic amines is 1. The number of rotatable bonds is 2. The Morgan fingerprint density at radius 2 is 2.00 bits per heavy atom. The number of fused-ring (bicyclic) bond motifs is 1. The Kier molecular flexibility index (Phi) is 3.23. The van der Waals surface area contributed by atoms with E-state index in [1.165, 1.54) is 30.3 Å². The number of hydrogen-bond donors (Lipinski definition) is 1. The number of hydrogen-bond acceptors (Lipinski definition) is 3. The van der Waals surface area contributed by atoms with Crippen LogP contribution in [0.2, 0.25) is 0 Å². The molecule has 0 radical (unpaired) electrons. The van der Waals surface area contributed by atoms with Crippen molar-refractivity contribution in [2.24, 2.45) is 18.9 Å². The van der Waals surface area contributed by atoms with E-state index in [0.29, 0.717) is 17.1 Å². The number of imidazole rings is 1. The molecule has 0 bridgehead atoms. The number of nitrogens with zero attached hydrogens (tertiary/aromatic N) is 3. The average molecular weight is 276 g/mol. The van der Waals surface area contributed by atoms with Crippen LogP contribution in [0.25, 0.3) is 11.2 Å². The van der Waals surface area contributed by atoms with E-state index in [2.05, 4.69) is 16.9 Å². The minimum Gasteiger partial charge on any atom is -0.324 e. The van der Waals surface area contributed by atoms with Gasteiger partial charge >= 0.3 is 5.69 Å². The van der Waals surface area contributed by atoms with Crippen molar-refractivity contribution in [3.05, 3.63) is 27.2 Å². The molecule has 0 unspecified atom stereocenters. The lowest BCUT2D eigenvalue weighted by Gasteiger charge is -2.26. The van der Waals surface area contributed by atoms with E-state index in [0.717, 1.165) is 12.5 Å². The lowest BCUT2D eigenvalue weighted by Crippen LogP contribution is -2.29. The van der Waals surface area contributed by atoms with Crippen molar-refractivity contribution in [2.75, 3.05) is 0 Å². The zero-order valence-corrected chi connectivity index (χ0v) is 11.9. The molecule has 0 aromatic carbocycles. The zero-order chi connectivity index (χ0) is 14.3. The van der Waals surface area contributed by atoms with Crippen molar-refractivity contribution < 1.29 is 0 Å². The Hall–Kier alpha value is -1.85.